The van der Waals surface area contributed by atoms with Crippen LogP contribution in [-0.2, 0) is 14.6 Å². The van der Waals surface area contributed by atoms with Crippen LogP contribution in [0.25, 0.3) is 0 Å². The third-order valence-corrected chi connectivity index (χ3v) is 4.55. The molecule has 0 bridgehead atoms. The molecule has 0 spiro atoms. The van der Waals surface area contributed by atoms with Gasteiger partial charge in [0.2, 0.25) is 0 Å². The number of rotatable bonds is 5. The summed E-state index contributed by atoms with van der Waals surface area (Å²) in [7, 11) is -3.38. The molecule has 4 nitrogen and oxygen atoms in total. The standard InChI is InChI=1S/C12H16O4S/c1-3-8-17(15,16)11-7-5-4-6-10(11)9(2)12(13)14/h4-7,9H,3,8H2,1-2H3,(H,13,14). The Morgan fingerprint density at radius 3 is 2.47 bits per heavy atom. The number of sulfone groups is 1. The van der Waals surface area contributed by atoms with E-state index >= 15 is 0 Å². The van der Waals surface area contributed by atoms with Crippen molar-refractivity contribution in [2.24, 2.45) is 0 Å². The van der Waals surface area contributed by atoms with E-state index in [1.807, 2.05) is 0 Å². The van der Waals surface area contributed by atoms with Crippen molar-refractivity contribution in [2.75, 3.05) is 5.75 Å². The molecule has 1 aromatic rings. The number of carbonyl (C=O) groups is 1. The van der Waals surface area contributed by atoms with Crippen LogP contribution in [0.4, 0.5) is 0 Å². The van der Waals surface area contributed by atoms with Crippen LogP contribution in [-0.4, -0.2) is 25.2 Å². The zero-order valence-corrected chi connectivity index (χ0v) is 10.7. The first-order valence-corrected chi connectivity index (χ1v) is 7.10. The van der Waals surface area contributed by atoms with Crippen molar-refractivity contribution in [3.8, 4) is 0 Å². The monoisotopic (exact) mass is 256 g/mol. The van der Waals surface area contributed by atoms with Crippen LogP contribution in [0.15, 0.2) is 29.2 Å². The Hall–Kier alpha value is -1.36. The third-order valence-electron chi connectivity index (χ3n) is 2.56. The topological polar surface area (TPSA) is 71.4 Å². The van der Waals surface area contributed by atoms with Gasteiger partial charge >= 0.3 is 5.97 Å². The maximum absolute atomic E-state index is 12.0. The molecule has 0 radical (unpaired) electrons. The Labute approximate surface area is 101 Å². The van der Waals surface area contributed by atoms with Gasteiger partial charge in [0.25, 0.3) is 0 Å². The van der Waals surface area contributed by atoms with Gasteiger partial charge in [0.05, 0.1) is 16.6 Å². The molecular weight excluding hydrogens is 240 g/mol. The summed E-state index contributed by atoms with van der Waals surface area (Å²) < 4.78 is 24.0. The minimum absolute atomic E-state index is 0.0380. The van der Waals surface area contributed by atoms with Crippen molar-refractivity contribution < 1.29 is 18.3 Å². The second-order valence-electron chi connectivity index (χ2n) is 3.92. The van der Waals surface area contributed by atoms with Gasteiger partial charge in [-0.1, -0.05) is 25.1 Å². The van der Waals surface area contributed by atoms with E-state index in [0.29, 0.717) is 12.0 Å². The van der Waals surface area contributed by atoms with Crippen LogP contribution < -0.4 is 0 Å². The molecule has 0 fully saturated rings. The quantitative estimate of drug-likeness (QED) is 0.875. The number of benzene rings is 1. The van der Waals surface area contributed by atoms with Gasteiger partial charge in [0.15, 0.2) is 9.84 Å². The summed E-state index contributed by atoms with van der Waals surface area (Å²) in [4.78, 5) is 11.1. The molecule has 5 heteroatoms. The summed E-state index contributed by atoms with van der Waals surface area (Å²) in [6, 6.07) is 6.29. The molecule has 1 N–H and O–H groups in total. The predicted octanol–water partition coefficient (Wildman–Crippen LogP) is 2.06. The van der Waals surface area contributed by atoms with Gasteiger partial charge in [-0.2, -0.15) is 0 Å². The normalized spacial score (nSPS) is 13.3. The van der Waals surface area contributed by atoms with Crippen LogP contribution in [0.3, 0.4) is 0 Å². The lowest BCUT2D eigenvalue weighted by Crippen LogP contribution is -2.14. The van der Waals surface area contributed by atoms with E-state index in [-0.39, 0.29) is 10.6 Å². The smallest absolute Gasteiger partial charge is 0.310 e. The third kappa shape index (κ3) is 3.06. The summed E-state index contributed by atoms with van der Waals surface area (Å²) in [6.45, 7) is 3.27. The molecule has 0 aliphatic heterocycles. The predicted molar refractivity (Wildman–Crippen MR) is 64.8 cm³/mol. The van der Waals surface area contributed by atoms with E-state index in [1.54, 1.807) is 25.1 Å². The molecule has 1 rings (SSSR count). The maximum atomic E-state index is 12.0. The highest BCUT2D eigenvalue weighted by atomic mass is 32.2. The Morgan fingerprint density at radius 2 is 1.94 bits per heavy atom. The zero-order valence-electron chi connectivity index (χ0n) is 9.88. The number of carboxylic acid groups (broad SMARTS) is 1. The summed E-state index contributed by atoms with van der Waals surface area (Å²) in [5.41, 5.74) is 0.355. The summed E-state index contributed by atoms with van der Waals surface area (Å²) in [6.07, 6.45) is 0.512. The number of hydrogen-bond acceptors (Lipinski definition) is 3. The van der Waals surface area contributed by atoms with Gasteiger partial charge in [-0.25, -0.2) is 8.42 Å². The molecule has 0 amide bonds. The average Bonchev–Trinajstić information content (AvgIpc) is 2.28. The van der Waals surface area contributed by atoms with Crippen molar-refractivity contribution in [3.63, 3.8) is 0 Å². The molecule has 0 aliphatic rings. The van der Waals surface area contributed by atoms with Crippen molar-refractivity contribution >= 4 is 15.8 Å². The highest BCUT2D eigenvalue weighted by Gasteiger charge is 2.23. The van der Waals surface area contributed by atoms with Gasteiger partial charge in [0.1, 0.15) is 0 Å². The van der Waals surface area contributed by atoms with Crippen molar-refractivity contribution in [2.45, 2.75) is 31.1 Å². The van der Waals surface area contributed by atoms with Gasteiger partial charge in [-0.05, 0) is 25.0 Å². The lowest BCUT2D eigenvalue weighted by atomic mass is 10.0. The molecule has 1 atom stereocenters. The Morgan fingerprint density at radius 1 is 1.35 bits per heavy atom. The minimum Gasteiger partial charge on any atom is -0.481 e. The average molecular weight is 256 g/mol. The van der Waals surface area contributed by atoms with Gasteiger partial charge in [0, 0.05) is 0 Å². The fourth-order valence-electron chi connectivity index (χ4n) is 1.63. The van der Waals surface area contributed by atoms with Crippen LogP contribution in [0.1, 0.15) is 31.7 Å². The lowest BCUT2D eigenvalue weighted by Gasteiger charge is -2.12. The first kappa shape index (κ1) is 13.7. The fraction of sp³-hybridized carbons (Fsp3) is 0.417. The number of carboxylic acids is 1. The van der Waals surface area contributed by atoms with Crippen LogP contribution >= 0.6 is 0 Å². The van der Waals surface area contributed by atoms with Gasteiger partial charge in [-0.3, -0.25) is 4.79 Å². The molecule has 0 aromatic heterocycles. The molecule has 0 saturated carbocycles. The van der Waals surface area contributed by atoms with Gasteiger partial charge < -0.3 is 5.11 Å². The van der Waals surface area contributed by atoms with E-state index in [1.165, 1.54) is 13.0 Å². The van der Waals surface area contributed by atoms with E-state index in [0.717, 1.165) is 0 Å². The van der Waals surface area contributed by atoms with Crippen LogP contribution in [0, 0.1) is 0 Å². The van der Waals surface area contributed by atoms with Crippen molar-refractivity contribution in [3.05, 3.63) is 29.8 Å². The fourth-order valence-corrected chi connectivity index (χ4v) is 3.28. The lowest BCUT2D eigenvalue weighted by molar-refractivity contribution is -0.138. The summed E-state index contributed by atoms with van der Waals surface area (Å²) in [5.74, 6) is -1.81. The second-order valence-corrected chi connectivity index (χ2v) is 5.99. The highest BCUT2D eigenvalue weighted by molar-refractivity contribution is 7.91. The largest absolute Gasteiger partial charge is 0.481 e. The van der Waals surface area contributed by atoms with E-state index in [4.69, 9.17) is 5.11 Å². The molecule has 94 valence electrons. The second kappa shape index (κ2) is 5.31. The first-order chi connectivity index (χ1) is 7.90. The Kier molecular flexibility index (Phi) is 4.28. The highest BCUT2D eigenvalue weighted by Crippen LogP contribution is 2.25. The van der Waals surface area contributed by atoms with E-state index in [2.05, 4.69) is 0 Å². The molecule has 1 aromatic carbocycles. The van der Waals surface area contributed by atoms with Crippen molar-refractivity contribution in [1.82, 2.24) is 0 Å². The Balaban J connectivity index is 3.31. The molecule has 0 aliphatic carbocycles. The summed E-state index contributed by atoms with van der Waals surface area (Å²) >= 11 is 0. The molecule has 0 heterocycles. The van der Waals surface area contributed by atoms with Crippen LogP contribution in [0.2, 0.25) is 0 Å². The van der Waals surface area contributed by atoms with Gasteiger partial charge in [-0.15, -0.1) is 0 Å². The number of aliphatic carboxylic acids is 1. The first-order valence-electron chi connectivity index (χ1n) is 5.44. The molecule has 1 unspecified atom stereocenters. The Bertz CT molecular complexity index is 505. The van der Waals surface area contributed by atoms with E-state index in [9.17, 15) is 13.2 Å². The molecular formula is C12H16O4S. The number of hydrogen-bond donors (Lipinski definition) is 1. The van der Waals surface area contributed by atoms with E-state index < -0.39 is 21.7 Å². The van der Waals surface area contributed by atoms with Crippen LogP contribution in [0.5, 0.6) is 0 Å². The minimum atomic E-state index is -3.38. The molecule has 0 saturated heterocycles. The van der Waals surface area contributed by atoms with Crippen molar-refractivity contribution in [1.29, 1.82) is 0 Å². The zero-order chi connectivity index (χ0) is 13.1. The SMILES string of the molecule is CCCS(=O)(=O)c1ccccc1C(C)C(=O)O. The molecule has 17 heavy (non-hydrogen) atoms. The summed E-state index contributed by atoms with van der Waals surface area (Å²) in [5, 5.41) is 8.96. The maximum Gasteiger partial charge on any atom is 0.310 e.